The lowest BCUT2D eigenvalue weighted by atomic mass is 10.2. The number of carboxylic acid groups (broad SMARTS) is 1. The first-order valence-corrected chi connectivity index (χ1v) is 13.2. The number of carboxylic acids is 1. The van der Waals surface area contributed by atoms with Gasteiger partial charge < -0.3 is 41.5 Å². The summed E-state index contributed by atoms with van der Waals surface area (Å²) in [4.78, 5) is 73.3. The molecule has 2 aromatic rings. The predicted molar refractivity (Wildman–Crippen MR) is 161 cm³/mol. The Balaban J connectivity index is 0.00000474. The molecule has 0 unspecified atom stereocenters. The molecule has 7 N–H and O–H groups in total. The number of aliphatic hydroxyl groups excluding tert-OH is 1. The molecular formula is C30H37N5O9. The second kappa shape index (κ2) is 18.8. The topological polar surface area (TPSA) is 212 Å². The summed E-state index contributed by atoms with van der Waals surface area (Å²) in [5, 5.41) is 27.4. The molecule has 14 nitrogen and oxygen atoms in total. The highest BCUT2D eigenvalue weighted by Gasteiger charge is 2.19. The Morgan fingerprint density at radius 1 is 0.659 bits per heavy atom. The van der Waals surface area contributed by atoms with Gasteiger partial charge >= 0.3 is 12.1 Å². The third-order valence-electron chi connectivity index (χ3n) is 4.86. The van der Waals surface area contributed by atoms with Crippen molar-refractivity contribution in [2.45, 2.75) is 26.4 Å². The maximum absolute atomic E-state index is 13.0. The van der Waals surface area contributed by atoms with Crippen LogP contribution in [0.2, 0.25) is 0 Å². The zero-order valence-corrected chi connectivity index (χ0v) is 24.8. The van der Waals surface area contributed by atoms with Crippen LogP contribution in [0.3, 0.4) is 0 Å². The molecule has 0 heterocycles. The minimum absolute atomic E-state index is 0.218. The summed E-state index contributed by atoms with van der Waals surface area (Å²) in [5.41, 5.74) is -0.117. The number of hydrogen-bond acceptors (Lipinski definition) is 8. The number of aliphatic hydroxyl groups is 1. The van der Waals surface area contributed by atoms with Crippen molar-refractivity contribution in [1.29, 1.82) is 0 Å². The van der Waals surface area contributed by atoms with Crippen LogP contribution in [0.5, 0.6) is 0 Å². The van der Waals surface area contributed by atoms with Crippen molar-refractivity contribution in [1.82, 2.24) is 26.6 Å². The number of nitrogens with one attached hydrogen (secondary N) is 5. The van der Waals surface area contributed by atoms with Crippen LogP contribution in [0.4, 0.5) is 4.79 Å². The van der Waals surface area contributed by atoms with E-state index < -0.39 is 60.9 Å². The SMILES string of the molecule is CC(C)(C)OC(=O)NCC(=O)N/C(=C\c1ccccc1)C(=O)NCC(=O)N/C(=C\c1ccccc1)C(=O)NCC(=O)O.CO. The largest absolute Gasteiger partial charge is 0.480 e. The van der Waals surface area contributed by atoms with Crippen LogP contribution >= 0.6 is 0 Å². The van der Waals surface area contributed by atoms with Gasteiger partial charge in [0.05, 0.1) is 6.54 Å². The van der Waals surface area contributed by atoms with E-state index in [0.717, 1.165) is 7.11 Å². The molecule has 0 saturated carbocycles. The van der Waals surface area contributed by atoms with Crippen LogP contribution in [-0.4, -0.2) is 78.2 Å². The summed E-state index contributed by atoms with van der Waals surface area (Å²) in [5.74, 6) is -4.49. The highest BCUT2D eigenvalue weighted by Crippen LogP contribution is 2.08. The lowest BCUT2D eigenvalue weighted by Crippen LogP contribution is -2.44. The van der Waals surface area contributed by atoms with Gasteiger partial charge in [-0.15, -0.1) is 0 Å². The average Bonchev–Trinajstić information content (AvgIpc) is 2.98. The molecule has 2 aromatic carbocycles. The summed E-state index contributed by atoms with van der Waals surface area (Å²) in [6.07, 6.45) is 1.90. The number of ether oxygens (including phenoxy) is 1. The second-order valence-electron chi connectivity index (χ2n) is 9.65. The molecule has 0 aromatic heterocycles. The smallest absolute Gasteiger partial charge is 0.408 e. The van der Waals surface area contributed by atoms with Gasteiger partial charge in [-0.25, -0.2) is 4.79 Å². The van der Waals surface area contributed by atoms with Crippen molar-refractivity contribution in [2.75, 3.05) is 26.7 Å². The Labute approximate surface area is 254 Å². The molecule has 2 rings (SSSR count). The van der Waals surface area contributed by atoms with Crippen LogP contribution < -0.4 is 26.6 Å². The van der Waals surface area contributed by atoms with Gasteiger partial charge in [0, 0.05) is 7.11 Å². The van der Waals surface area contributed by atoms with Gasteiger partial charge in [0.1, 0.15) is 30.1 Å². The molecule has 0 fully saturated rings. The molecule has 0 aliphatic carbocycles. The molecule has 0 spiro atoms. The van der Waals surface area contributed by atoms with Crippen molar-refractivity contribution >= 4 is 47.8 Å². The van der Waals surface area contributed by atoms with E-state index in [9.17, 15) is 28.8 Å². The van der Waals surface area contributed by atoms with Gasteiger partial charge in [-0.3, -0.25) is 24.0 Å². The summed E-state index contributed by atoms with van der Waals surface area (Å²) in [6, 6.07) is 17.1. The van der Waals surface area contributed by atoms with Gasteiger partial charge in [0.2, 0.25) is 11.8 Å². The molecule has 0 atom stereocenters. The predicted octanol–water partition coefficient (Wildman–Crippen LogP) is 0.751. The molecule has 0 bridgehead atoms. The van der Waals surface area contributed by atoms with Gasteiger partial charge in [0.25, 0.3) is 11.8 Å². The number of benzene rings is 2. The molecule has 236 valence electrons. The number of carbonyl (C=O) groups excluding carboxylic acids is 5. The first-order chi connectivity index (χ1) is 20.8. The second-order valence-corrected chi connectivity index (χ2v) is 9.65. The van der Waals surface area contributed by atoms with Gasteiger partial charge in [-0.1, -0.05) is 60.7 Å². The maximum atomic E-state index is 13.0. The van der Waals surface area contributed by atoms with E-state index in [0.29, 0.717) is 11.1 Å². The molecule has 0 radical (unpaired) electrons. The Morgan fingerprint density at radius 2 is 1.05 bits per heavy atom. The van der Waals surface area contributed by atoms with Crippen molar-refractivity contribution in [2.24, 2.45) is 0 Å². The van der Waals surface area contributed by atoms with Crippen molar-refractivity contribution < 1.29 is 43.7 Å². The van der Waals surface area contributed by atoms with E-state index >= 15 is 0 Å². The zero-order chi connectivity index (χ0) is 33.1. The summed E-state index contributed by atoms with van der Waals surface area (Å²) < 4.78 is 5.08. The fourth-order valence-electron chi connectivity index (χ4n) is 3.11. The van der Waals surface area contributed by atoms with Crippen LogP contribution in [0.15, 0.2) is 72.1 Å². The molecule has 44 heavy (non-hydrogen) atoms. The quantitative estimate of drug-likeness (QED) is 0.169. The van der Waals surface area contributed by atoms with Crippen molar-refractivity contribution in [3.8, 4) is 0 Å². The summed E-state index contributed by atoms with van der Waals surface area (Å²) >= 11 is 0. The Hall–Kier alpha value is -5.50. The highest BCUT2D eigenvalue weighted by atomic mass is 16.6. The minimum Gasteiger partial charge on any atom is -0.480 e. The van der Waals surface area contributed by atoms with E-state index in [-0.39, 0.29) is 11.4 Å². The van der Waals surface area contributed by atoms with Gasteiger partial charge in [0.15, 0.2) is 0 Å². The first-order valence-electron chi connectivity index (χ1n) is 13.2. The van der Waals surface area contributed by atoms with E-state index in [1.54, 1.807) is 81.4 Å². The number of carbonyl (C=O) groups is 6. The number of hydrogen-bond donors (Lipinski definition) is 7. The Morgan fingerprint density at radius 3 is 1.43 bits per heavy atom. The van der Waals surface area contributed by atoms with Crippen LogP contribution in [0.25, 0.3) is 12.2 Å². The summed E-state index contributed by atoms with van der Waals surface area (Å²) in [7, 11) is 1.00. The third kappa shape index (κ3) is 15.5. The van der Waals surface area contributed by atoms with Gasteiger partial charge in [-0.05, 0) is 44.1 Å². The van der Waals surface area contributed by atoms with E-state index in [1.165, 1.54) is 12.2 Å². The third-order valence-corrected chi connectivity index (χ3v) is 4.86. The van der Waals surface area contributed by atoms with Crippen molar-refractivity contribution in [3.63, 3.8) is 0 Å². The fraction of sp³-hybridized carbons (Fsp3) is 0.267. The van der Waals surface area contributed by atoms with Crippen LogP contribution in [0.1, 0.15) is 31.9 Å². The number of rotatable bonds is 12. The molecule has 0 saturated heterocycles. The molecule has 0 aliphatic heterocycles. The minimum atomic E-state index is -1.28. The standard InChI is InChI=1S/C29H33N5O8.CH4O/c1-29(2,3)42-28(41)32-17-24(36)34-21(14-19-10-6-4-7-11-19)26(39)30-16-23(35)33-22(27(40)31-18-25(37)38)15-20-12-8-5-9-13-20;1-2/h4-15H,16-18H2,1-3H3,(H,30,39)(H,31,40)(H,32,41)(H,33,35)(H,34,36)(H,37,38);2H,1H3/b21-14-,22-15-;. The number of amides is 5. The van der Waals surface area contributed by atoms with Crippen LogP contribution in [0, 0.1) is 0 Å². The van der Waals surface area contributed by atoms with Crippen LogP contribution in [-0.2, 0) is 28.7 Å². The van der Waals surface area contributed by atoms with E-state index in [2.05, 4.69) is 26.6 Å². The maximum Gasteiger partial charge on any atom is 0.408 e. The Bertz CT molecular complexity index is 1350. The van der Waals surface area contributed by atoms with Crippen molar-refractivity contribution in [3.05, 3.63) is 83.2 Å². The first kappa shape index (κ1) is 36.5. The van der Waals surface area contributed by atoms with Gasteiger partial charge in [-0.2, -0.15) is 0 Å². The van der Waals surface area contributed by atoms with E-state index in [1.807, 2.05) is 0 Å². The number of alkyl carbamates (subject to hydrolysis) is 1. The fourth-order valence-corrected chi connectivity index (χ4v) is 3.11. The molecular weight excluding hydrogens is 574 g/mol. The summed E-state index contributed by atoms with van der Waals surface area (Å²) in [6.45, 7) is 3.22. The highest BCUT2D eigenvalue weighted by molar-refractivity contribution is 6.05. The lowest BCUT2D eigenvalue weighted by molar-refractivity contribution is -0.137. The monoisotopic (exact) mass is 611 g/mol. The molecule has 5 amide bonds. The average molecular weight is 612 g/mol. The zero-order valence-electron chi connectivity index (χ0n) is 24.8. The lowest BCUT2D eigenvalue weighted by Gasteiger charge is -2.19. The Kier molecular flexibility index (Phi) is 15.6. The molecule has 14 heteroatoms. The normalized spacial score (nSPS) is 11.1. The molecule has 0 aliphatic rings. The van der Waals surface area contributed by atoms with E-state index in [4.69, 9.17) is 14.9 Å². The number of aliphatic carboxylic acids is 1.